The lowest BCUT2D eigenvalue weighted by Gasteiger charge is -2.08. The van der Waals surface area contributed by atoms with Gasteiger partial charge in [0.1, 0.15) is 0 Å². The molecule has 0 unspecified atom stereocenters. The molecule has 0 bridgehead atoms. The van der Waals surface area contributed by atoms with Gasteiger partial charge in [-0.1, -0.05) is 23.5 Å². The van der Waals surface area contributed by atoms with Crippen LogP contribution in [0.4, 0.5) is 0 Å². The molecule has 0 heterocycles. The van der Waals surface area contributed by atoms with Crippen molar-refractivity contribution < 1.29 is 14.3 Å². The van der Waals surface area contributed by atoms with Crippen LogP contribution in [0.25, 0.3) is 0 Å². The van der Waals surface area contributed by atoms with Crippen molar-refractivity contribution in [3.63, 3.8) is 0 Å². The Hall–Kier alpha value is -1.87. The van der Waals surface area contributed by atoms with Gasteiger partial charge in [0.05, 0.1) is 31.9 Å². The molecule has 21 heavy (non-hydrogen) atoms. The first kappa shape index (κ1) is 17.2. The second-order valence-electron chi connectivity index (χ2n) is 4.42. The Kier molecular flexibility index (Phi) is 8.14. The highest BCUT2D eigenvalue weighted by molar-refractivity contribution is 5.96. The highest BCUT2D eigenvalue weighted by Gasteiger charge is 2.09. The molecule has 0 saturated heterocycles. The molecule has 0 aliphatic heterocycles. The van der Waals surface area contributed by atoms with E-state index in [2.05, 4.69) is 17.2 Å². The Balaban J connectivity index is 2.58. The summed E-state index contributed by atoms with van der Waals surface area (Å²) in [6.07, 6.45) is 0. The van der Waals surface area contributed by atoms with Crippen LogP contribution >= 0.6 is 0 Å². The van der Waals surface area contributed by atoms with E-state index in [4.69, 9.17) is 15.2 Å². The molecule has 0 fully saturated rings. The number of ether oxygens (including phenoxy) is 2. The normalized spacial score (nSPS) is 9.86. The summed E-state index contributed by atoms with van der Waals surface area (Å²) in [7, 11) is 1.62. The van der Waals surface area contributed by atoms with Crippen LogP contribution in [0, 0.1) is 18.8 Å². The molecule has 0 saturated carbocycles. The third-order valence-corrected chi connectivity index (χ3v) is 2.71. The third-order valence-electron chi connectivity index (χ3n) is 2.71. The van der Waals surface area contributed by atoms with Gasteiger partial charge in [0.2, 0.25) is 0 Å². The fourth-order valence-corrected chi connectivity index (χ4v) is 1.68. The number of carbonyl (C=O) groups excluding carboxylic acids is 1. The molecule has 0 aliphatic carbocycles. The zero-order valence-electron chi connectivity index (χ0n) is 12.6. The van der Waals surface area contributed by atoms with Crippen LogP contribution < -0.4 is 11.1 Å². The average Bonchev–Trinajstić information content (AvgIpc) is 2.49. The second kappa shape index (κ2) is 9.94. The molecule has 1 amide bonds. The molecule has 0 atom stereocenters. The minimum absolute atomic E-state index is 0.157. The summed E-state index contributed by atoms with van der Waals surface area (Å²) in [6, 6.07) is 5.58. The highest BCUT2D eigenvalue weighted by atomic mass is 16.5. The number of hydrogen-bond acceptors (Lipinski definition) is 4. The van der Waals surface area contributed by atoms with Gasteiger partial charge in [-0.05, 0) is 19.1 Å². The van der Waals surface area contributed by atoms with Gasteiger partial charge < -0.3 is 20.5 Å². The number of nitrogens with one attached hydrogen (secondary N) is 1. The fourth-order valence-electron chi connectivity index (χ4n) is 1.68. The summed E-state index contributed by atoms with van der Waals surface area (Å²) in [5.41, 5.74) is 7.63. The van der Waals surface area contributed by atoms with Gasteiger partial charge in [-0.3, -0.25) is 4.79 Å². The van der Waals surface area contributed by atoms with Gasteiger partial charge in [-0.15, -0.1) is 0 Å². The molecule has 114 valence electrons. The Morgan fingerprint density at radius 3 is 2.86 bits per heavy atom. The topological polar surface area (TPSA) is 73.6 Å². The van der Waals surface area contributed by atoms with E-state index in [-0.39, 0.29) is 12.5 Å². The first-order valence-corrected chi connectivity index (χ1v) is 6.83. The molecule has 5 nitrogen and oxygen atoms in total. The molecule has 1 aromatic carbocycles. The molecule has 0 radical (unpaired) electrons. The number of aryl methyl sites for hydroxylation is 1. The number of hydrogen-bond donors (Lipinski definition) is 2. The maximum atomic E-state index is 12.2. The van der Waals surface area contributed by atoms with Gasteiger partial charge in [-0.2, -0.15) is 0 Å². The smallest absolute Gasteiger partial charge is 0.252 e. The van der Waals surface area contributed by atoms with Crippen molar-refractivity contribution in [2.24, 2.45) is 5.73 Å². The Morgan fingerprint density at radius 2 is 2.14 bits per heavy atom. The number of nitrogens with two attached hydrogens (primary N) is 1. The Morgan fingerprint density at radius 1 is 1.33 bits per heavy atom. The number of amides is 1. The number of benzene rings is 1. The van der Waals surface area contributed by atoms with Crippen LogP contribution in [0.5, 0.6) is 0 Å². The second-order valence-corrected chi connectivity index (χ2v) is 4.42. The van der Waals surface area contributed by atoms with Gasteiger partial charge in [0.15, 0.2) is 0 Å². The fraction of sp³-hybridized carbons (Fsp3) is 0.438. The van der Waals surface area contributed by atoms with Crippen LogP contribution in [0.3, 0.4) is 0 Å². The molecule has 0 aromatic heterocycles. The van der Waals surface area contributed by atoms with Crippen molar-refractivity contribution in [1.82, 2.24) is 5.32 Å². The average molecular weight is 290 g/mol. The van der Waals surface area contributed by atoms with Gasteiger partial charge >= 0.3 is 0 Å². The molecular formula is C16H22N2O3. The van der Waals surface area contributed by atoms with Crippen molar-refractivity contribution in [1.29, 1.82) is 0 Å². The molecule has 3 N–H and O–H groups in total. The van der Waals surface area contributed by atoms with E-state index in [1.807, 2.05) is 25.1 Å². The first-order chi connectivity index (χ1) is 10.2. The molecule has 0 aliphatic rings. The summed E-state index contributed by atoms with van der Waals surface area (Å²) in [5.74, 6) is 5.53. The predicted octanol–water partition coefficient (Wildman–Crippen LogP) is 0.698. The van der Waals surface area contributed by atoms with Gasteiger partial charge in [0.25, 0.3) is 5.91 Å². The number of rotatable bonds is 7. The summed E-state index contributed by atoms with van der Waals surface area (Å²) in [6.45, 7) is 4.16. The number of carbonyl (C=O) groups is 1. The third kappa shape index (κ3) is 6.41. The highest BCUT2D eigenvalue weighted by Crippen LogP contribution is 2.10. The van der Waals surface area contributed by atoms with Crippen LogP contribution in [0.2, 0.25) is 0 Å². The van der Waals surface area contributed by atoms with Crippen molar-refractivity contribution in [2.45, 2.75) is 6.92 Å². The SMILES string of the molecule is COCCOCCNC(=O)c1cc(C)ccc1C#CCN. The molecule has 5 heteroatoms. The van der Waals surface area contributed by atoms with Crippen LogP contribution in [0.15, 0.2) is 18.2 Å². The molecular weight excluding hydrogens is 268 g/mol. The lowest BCUT2D eigenvalue weighted by molar-refractivity contribution is 0.0692. The minimum Gasteiger partial charge on any atom is -0.382 e. The number of methoxy groups -OCH3 is 1. The largest absolute Gasteiger partial charge is 0.382 e. The summed E-state index contributed by atoms with van der Waals surface area (Å²) in [4.78, 5) is 12.2. The van der Waals surface area contributed by atoms with Crippen molar-refractivity contribution in [3.8, 4) is 11.8 Å². The molecule has 1 rings (SSSR count). The Labute approximate surface area is 125 Å². The van der Waals surface area contributed by atoms with Crippen molar-refractivity contribution in [3.05, 3.63) is 34.9 Å². The summed E-state index contributed by atoms with van der Waals surface area (Å²) >= 11 is 0. The maximum absolute atomic E-state index is 12.2. The van der Waals surface area contributed by atoms with Gasteiger partial charge in [-0.25, -0.2) is 0 Å². The van der Waals surface area contributed by atoms with Crippen molar-refractivity contribution >= 4 is 5.91 Å². The lowest BCUT2D eigenvalue weighted by Crippen LogP contribution is -2.28. The van der Waals surface area contributed by atoms with E-state index in [1.165, 1.54) is 0 Å². The van der Waals surface area contributed by atoms with Crippen LogP contribution in [-0.4, -0.2) is 45.9 Å². The first-order valence-electron chi connectivity index (χ1n) is 6.83. The Bertz CT molecular complexity index is 518. The van der Waals surface area contributed by atoms with E-state index < -0.39 is 0 Å². The quantitative estimate of drug-likeness (QED) is 0.572. The standard InChI is InChI=1S/C16H22N2O3/c1-13-5-6-14(4-3-7-17)15(12-13)16(19)18-8-9-21-11-10-20-2/h5-6,12H,7-11,17H2,1-2H3,(H,18,19). The van der Waals surface area contributed by atoms with E-state index in [0.29, 0.717) is 37.5 Å². The van der Waals surface area contributed by atoms with Crippen LogP contribution in [-0.2, 0) is 9.47 Å². The van der Waals surface area contributed by atoms with E-state index in [9.17, 15) is 4.79 Å². The molecule has 1 aromatic rings. The maximum Gasteiger partial charge on any atom is 0.252 e. The van der Waals surface area contributed by atoms with Crippen molar-refractivity contribution in [2.75, 3.05) is 40.0 Å². The van der Waals surface area contributed by atoms with E-state index in [1.54, 1.807) is 7.11 Å². The predicted molar refractivity (Wildman–Crippen MR) is 82.1 cm³/mol. The molecule has 0 spiro atoms. The monoisotopic (exact) mass is 290 g/mol. The zero-order chi connectivity index (χ0) is 15.5. The van der Waals surface area contributed by atoms with Gasteiger partial charge in [0, 0.05) is 19.2 Å². The van der Waals surface area contributed by atoms with E-state index in [0.717, 1.165) is 5.56 Å². The summed E-state index contributed by atoms with van der Waals surface area (Å²) < 4.78 is 10.2. The van der Waals surface area contributed by atoms with E-state index >= 15 is 0 Å². The lowest BCUT2D eigenvalue weighted by atomic mass is 10.0. The zero-order valence-corrected chi connectivity index (χ0v) is 12.6. The summed E-state index contributed by atoms with van der Waals surface area (Å²) in [5, 5.41) is 2.82. The minimum atomic E-state index is -0.157. The van der Waals surface area contributed by atoms with Crippen LogP contribution in [0.1, 0.15) is 21.5 Å².